The molecule has 4 rings (SSSR count). The van der Waals surface area contributed by atoms with E-state index in [2.05, 4.69) is 53.6 Å². The molecule has 0 spiro atoms. The van der Waals surface area contributed by atoms with Gasteiger partial charge in [-0.15, -0.1) is 11.3 Å². The molecular weight excluding hydrogens is 383 g/mol. The van der Waals surface area contributed by atoms with Gasteiger partial charge in [0.2, 0.25) is 0 Å². The molecule has 2 heterocycles. The van der Waals surface area contributed by atoms with E-state index in [-0.39, 0.29) is 17.7 Å². The van der Waals surface area contributed by atoms with Crippen molar-refractivity contribution in [2.45, 2.75) is 39.2 Å². The van der Waals surface area contributed by atoms with Gasteiger partial charge in [-0.3, -0.25) is 4.68 Å². The highest BCUT2D eigenvalue weighted by molar-refractivity contribution is 7.10. The van der Waals surface area contributed by atoms with Crippen molar-refractivity contribution in [3.05, 3.63) is 88.0 Å². The quantitative estimate of drug-likeness (QED) is 0.410. The second-order valence-corrected chi connectivity index (χ2v) is 8.36. The average Bonchev–Trinajstić information content (AvgIpc) is 3.40. The summed E-state index contributed by atoms with van der Waals surface area (Å²) >= 11 is 1.62. The van der Waals surface area contributed by atoms with Gasteiger partial charge in [-0.25, -0.2) is 14.4 Å². The number of aromatic nitrogens is 4. The summed E-state index contributed by atoms with van der Waals surface area (Å²) in [7, 11) is 0. The number of benzene rings is 2. The Morgan fingerprint density at radius 2 is 1.83 bits per heavy atom. The Morgan fingerprint density at radius 1 is 1.07 bits per heavy atom. The van der Waals surface area contributed by atoms with E-state index in [1.807, 2.05) is 13.0 Å². The van der Waals surface area contributed by atoms with Gasteiger partial charge in [-0.2, -0.15) is 5.10 Å². The average molecular weight is 407 g/mol. The van der Waals surface area contributed by atoms with E-state index in [0.717, 1.165) is 21.8 Å². The molecule has 0 amide bonds. The summed E-state index contributed by atoms with van der Waals surface area (Å²) in [6.45, 7) is 6.71. The molecule has 6 heteroatoms. The Labute approximate surface area is 174 Å². The van der Waals surface area contributed by atoms with Crippen LogP contribution in [0, 0.1) is 19.7 Å². The normalized spacial score (nSPS) is 13.4. The monoisotopic (exact) mass is 406 g/mol. The molecule has 0 N–H and O–H groups in total. The van der Waals surface area contributed by atoms with Gasteiger partial charge in [0.25, 0.3) is 0 Å². The van der Waals surface area contributed by atoms with Crippen LogP contribution >= 0.6 is 11.3 Å². The van der Waals surface area contributed by atoms with Crippen LogP contribution in [0.15, 0.2) is 60.5 Å². The Bertz CT molecular complexity index is 1090. The highest BCUT2D eigenvalue weighted by Crippen LogP contribution is 2.38. The summed E-state index contributed by atoms with van der Waals surface area (Å²) in [5.41, 5.74) is 5.01. The zero-order chi connectivity index (χ0) is 20.4. The molecule has 0 bridgehead atoms. The fourth-order valence-corrected chi connectivity index (χ4v) is 4.48. The van der Waals surface area contributed by atoms with Crippen molar-refractivity contribution in [1.82, 2.24) is 19.7 Å². The van der Waals surface area contributed by atoms with Crippen LogP contribution in [0.5, 0.6) is 0 Å². The third kappa shape index (κ3) is 4.27. The number of thiazole rings is 1. The summed E-state index contributed by atoms with van der Waals surface area (Å²) in [6.07, 6.45) is 3.18. The molecule has 29 heavy (non-hydrogen) atoms. The molecule has 1 unspecified atom stereocenters. The van der Waals surface area contributed by atoms with Crippen LogP contribution in [-0.2, 0) is 6.54 Å². The number of aryl methyl sites for hydroxylation is 2. The van der Waals surface area contributed by atoms with Crippen LogP contribution in [-0.4, -0.2) is 19.7 Å². The van der Waals surface area contributed by atoms with Crippen LogP contribution in [0.3, 0.4) is 0 Å². The molecule has 0 aliphatic carbocycles. The molecule has 2 aromatic carbocycles. The lowest BCUT2D eigenvalue weighted by molar-refractivity contribution is 0.443. The molecular formula is C23H23FN4S. The third-order valence-electron chi connectivity index (χ3n) is 5.26. The van der Waals surface area contributed by atoms with Crippen molar-refractivity contribution in [3.8, 4) is 11.3 Å². The molecule has 4 aromatic rings. The maximum Gasteiger partial charge on any atom is 0.137 e. The highest BCUT2D eigenvalue weighted by atomic mass is 32.1. The summed E-state index contributed by atoms with van der Waals surface area (Å²) < 4.78 is 16.5. The number of hydrogen-bond acceptors (Lipinski definition) is 4. The minimum absolute atomic E-state index is 0.0275. The van der Waals surface area contributed by atoms with E-state index < -0.39 is 0 Å². The first-order chi connectivity index (χ1) is 14.0. The number of halogens is 1. The van der Waals surface area contributed by atoms with Gasteiger partial charge in [-0.1, -0.05) is 54.4 Å². The molecule has 0 aliphatic heterocycles. The minimum Gasteiger partial charge on any atom is -0.252 e. The maximum atomic E-state index is 14.8. The van der Waals surface area contributed by atoms with E-state index in [1.165, 1.54) is 11.9 Å². The van der Waals surface area contributed by atoms with Crippen LogP contribution in [0.1, 0.15) is 40.5 Å². The summed E-state index contributed by atoms with van der Waals surface area (Å²) in [5.74, 6) is -0.267. The Balaban J connectivity index is 1.69. The number of hydrogen-bond donors (Lipinski definition) is 0. The zero-order valence-electron chi connectivity index (χ0n) is 16.7. The minimum atomic E-state index is -0.192. The topological polar surface area (TPSA) is 43.6 Å². The van der Waals surface area contributed by atoms with E-state index >= 15 is 0 Å². The van der Waals surface area contributed by atoms with Gasteiger partial charge in [0.15, 0.2) is 0 Å². The van der Waals surface area contributed by atoms with Crippen LogP contribution in [0.2, 0.25) is 0 Å². The smallest absolute Gasteiger partial charge is 0.137 e. The first-order valence-electron chi connectivity index (χ1n) is 9.62. The summed E-state index contributed by atoms with van der Waals surface area (Å²) in [5, 5.41) is 7.31. The molecule has 0 radical (unpaired) electrons. The highest BCUT2D eigenvalue weighted by Gasteiger charge is 2.27. The van der Waals surface area contributed by atoms with E-state index in [9.17, 15) is 4.39 Å². The van der Waals surface area contributed by atoms with Gasteiger partial charge in [-0.05, 0) is 25.5 Å². The standard InChI is InChI=1S/C23H23FN4S/c1-15-4-7-18(8-5-15)22-12-29-23(27-22)17(3)20(11-28-14-25-13-26-28)19-10-16(2)6-9-21(19)24/h4-10,12-14,17,20H,11H2,1-3H3/t17-,20?/m1/s1. The van der Waals surface area contributed by atoms with E-state index in [1.54, 1.807) is 34.5 Å². The number of nitrogens with zero attached hydrogens (tertiary/aromatic N) is 4. The first-order valence-corrected chi connectivity index (χ1v) is 10.5. The molecule has 4 nitrogen and oxygen atoms in total. The van der Waals surface area contributed by atoms with Crippen LogP contribution in [0.4, 0.5) is 4.39 Å². The summed E-state index contributed by atoms with van der Waals surface area (Å²) in [4.78, 5) is 8.93. The lowest BCUT2D eigenvalue weighted by Gasteiger charge is -2.24. The number of rotatable bonds is 6. The predicted octanol–water partition coefficient (Wildman–Crippen LogP) is 5.75. The lowest BCUT2D eigenvalue weighted by atomic mass is 9.86. The van der Waals surface area contributed by atoms with E-state index in [0.29, 0.717) is 12.1 Å². The molecule has 0 saturated heterocycles. The Hall–Kier alpha value is -2.86. The molecule has 0 aliphatic rings. The van der Waals surface area contributed by atoms with Gasteiger partial charge >= 0.3 is 0 Å². The van der Waals surface area contributed by atoms with Crippen LogP contribution < -0.4 is 0 Å². The van der Waals surface area contributed by atoms with Gasteiger partial charge in [0.1, 0.15) is 18.5 Å². The summed E-state index contributed by atoms with van der Waals surface area (Å²) in [6, 6.07) is 13.6. The molecule has 148 valence electrons. The van der Waals surface area contributed by atoms with Crippen molar-refractivity contribution in [1.29, 1.82) is 0 Å². The molecule has 2 aromatic heterocycles. The second kappa shape index (κ2) is 8.25. The SMILES string of the molecule is Cc1ccc(-c2csc([C@H](C)C(Cn3cncn3)c3cc(C)ccc3F)n2)cc1. The molecule has 0 fully saturated rings. The van der Waals surface area contributed by atoms with Crippen molar-refractivity contribution >= 4 is 11.3 Å². The fraction of sp³-hybridized carbons (Fsp3) is 0.261. The second-order valence-electron chi connectivity index (χ2n) is 7.47. The fourth-order valence-electron chi connectivity index (χ4n) is 3.53. The van der Waals surface area contributed by atoms with Crippen molar-refractivity contribution < 1.29 is 4.39 Å². The van der Waals surface area contributed by atoms with E-state index in [4.69, 9.17) is 4.98 Å². The zero-order valence-corrected chi connectivity index (χ0v) is 17.5. The van der Waals surface area contributed by atoms with Gasteiger partial charge in [0, 0.05) is 22.8 Å². The maximum absolute atomic E-state index is 14.8. The van der Waals surface area contributed by atoms with Crippen molar-refractivity contribution in [2.75, 3.05) is 0 Å². The lowest BCUT2D eigenvalue weighted by Crippen LogP contribution is -2.17. The van der Waals surface area contributed by atoms with Crippen molar-refractivity contribution in [2.24, 2.45) is 0 Å². The van der Waals surface area contributed by atoms with Crippen LogP contribution in [0.25, 0.3) is 11.3 Å². The Morgan fingerprint density at radius 3 is 2.55 bits per heavy atom. The predicted molar refractivity (Wildman–Crippen MR) is 115 cm³/mol. The van der Waals surface area contributed by atoms with Gasteiger partial charge in [0.05, 0.1) is 17.2 Å². The molecule has 2 atom stereocenters. The Kier molecular flexibility index (Phi) is 5.53. The third-order valence-corrected chi connectivity index (χ3v) is 6.31. The largest absolute Gasteiger partial charge is 0.252 e. The first kappa shape index (κ1) is 19.5. The van der Waals surface area contributed by atoms with Gasteiger partial charge < -0.3 is 0 Å². The van der Waals surface area contributed by atoms with Crippen molar-refractivity contribution in [3.63, 3.8) is 0 Å². The molecule has 0 saturated carbocycles.